The molecule has 3 rings (SSSR count). The molecule has 1 unspecified atom stereocenters. The Morgan fingerprint density at radius 2 is 1.80 bits per heavy atom. The van der Waals surface area contributed by atoms with Gasteiger partial charge >= 0.3 is 0 Å². The van der Waals surface area contributed by atoms with E-state index in [9.17, 15) is 9.59 Å². The lowest BCUT2D eigenvalue weighted by atomic mass is 9.90. The highest BCUT2D eigenvalue weighted by Crippen LogP contribution is 2.31. The van der Waals surface area contributed by atoms with Crippen molar-refractivity contribution in [3.05, 3.63) is 53.6 Å². The Kier molecular flexibility index (Phi) is 6.72. The highest BCUT2D eigenvalue weighted by Gasteiger charge is 2.27. The molecule has 2 amide bonds. The van der Waals surface area contributed by atoms with Crippen molar-refractivity contribution in [1.82, 2.24) is 5.01 Å². The summed E-state index contributed by atoms with van der Waals surface area (Å²) in [6.45, 7) is 4.13. The van der Waals surface area contributed by atoms with Crippen LogP contribution in [-0.2, 0) is 4.79 Å². The summed E-state index contributed by atoms with van der Waals surface area (Å²) < 4.78 is 10.8. The molecule has 0 saturated carbocycles. The van der Waals surface area contributed by atoms with Gasteiger partial charge in [0, 0.05) is 36.2 Å². The van der Waals surface area contributed by atoms with Crippen LogP contribution in [0.2, 0.25) is 0 Å². The zero-order valence-electron chi connectivity index (χ0n) is 17.8. The molecule has 2 aromatic carbocycles. The molecule has 1 aliphatic rings. The Morgan fingerprint density at radius 1 is 1.10 bits per heavy atom. The minimum Gasteiger partial charge on any atom is -0.493 e. The van der Waals surface area contributed by atoms with E-state index in [1.807, 2.05) is 18.2 Å². The SMILES string of the molecule is CCC1CCN(C(=O)c2ccc(NC(C)=O)cc2)N=C1c1ccc(OC)c(OC)c1. The van der Waals surface area contributed by atoms with Crippen LogP contribution in [-0.4, -0.2) is 43.3 Å². The minimum absolute atomic E-state index is 0.153. The number of amides is 2. The standard InChI is InChI=1S/C23H27N3O4/c1-5-16-12-13-26(23(28)17-6-9-19(10-7-17)24-15(2)27)25-22(16)18-8-11-20(29-3)21(14-18)30-4/h6-11,14,16H,5,12-13H2,1-4H3,(H,24,27). The molecule has 2 aromatic rings. The van der Waals surface area contributed by atoms with Crippen molar-refractivity contribution in [2.24, 2.45) is 11.0 Å². The first-order valence-electron chi connectivity index (χ1n) is 9.97. The normalized spacial score (nSPS) is 15.9. The van der Waals surface area contributed by atoms with Crippen molar-refractivity contribution >= 4 is 23.2 Å². The minimum atomic E-state index is -0.170. The van der Waals surface area contributed by atoms with Gasteiger partial charge in [0.2, 0.25) is 5.91 Å². The summed E-state index contributed by atoms with van der Waals surface area (Å²) in [5.41, 5.74) is 2.96. The fourth-order valence-corrected chi connectivity index (χ4v) is 3.56. The van der Waals surface area contributed by atoms with Gasteiger partial charge in [0.05, 0.1) is 19.9 Å². The molecule has 7 nitrogen and oxygen atoms in total. The number of anilines is 1. The number of rotatable bonds is 6. The molecular weight excluding hydrogens is 382 g/mol. The molecule has 1 N–H and O–H groups in total. The van der Waals surface area contributed by atoms with Crippen LogP contribution in [0, 0.1) is 5.92 Å². The third-order valence-electron chi connectivity index (χ3n) is 5.16. The number of hydrogen-bond donors (Lipinski definition) is 1. The van der Waals surface area contributed by atoms with E-state index in [4.69, 9.17) is 14.6 Å². The number of methoxy groups -OCH3 is 2. The van der Waals surface area contributed by atoms with E-state index in [0.29, 0.717) is 29.3 Å². The van der Waals surface area contributed by atoms with Crippen molar-refractivity contribution in [2.75, 3.05) is 26.1 Å². The summed E-state index contributed by atoms with van der Waals surface area (Å²) in [5, 5.41) is 8.94. The topological polar surface area (TPSA) is 80.2 Å². The quantitative estimate of drug-likeness (QED) is 0.784. The third kappa shape index (κ3) is 4.62. The largest absolute Gasteiger partial charge is 0.493 e. The number of nitrogens with one attached hydrogen (secondary N) is 1. The number of nitrogens with zero attached hydrogens (tertiary/aromatic N) is 2. The fourth-order valence-electron chi connectivity index (χ4n) is 3.56. The van der Waals surface area contributed by atoms with Crippen molar-refractivity contribution in [3.63, 3.8) is 0 Å². The van der Waals surface area contributed by atoms with E-state index < -0.39 is 0 Å². The van der Waals surface area contributed by atoms with Gasteiger partial charge in [0.1, 0.15) is 0 Å². The Hall–Kier alpha value is -3.35. The van der Waals surface area contributed by atoms with Crippen molar-refractivity contribution < 1.29 is 19.1 Å². The molecule has 30 heavy (non-hydrogen) atoms. The van der Waals surface area contributed by atoms with Gasteiger partial charge in [0.15, 0.2) is 11.5 Å². The van der Waals surface area contributed by atoms with Gasteiger partial charge in [-0.3, -0.25) is 9.59 Å². The van der Waals surface area contributed by atoms with E-state index in [2.05, 4.69) is 12.2 Å². The monoisotopic (exact) mass is 409 g/mol. The van der Waals surface area contributed by atoms with E-state index in [1.54, 1.807) is 38.5 Å². The van der Waals surface area contributed by atoms with Gasteiger partial charge in [0.25, 0.3) is 5.91 Å². The predicted octanol–water partition coefficient (Wildman–Crippen LogP) is 3.94. The Morgan fingerprint density at radius 3 is 2.40 bits per heavy atom. The smallest absolute Gasteiger partial charge is 0.273 e. The van der Waals surface area contributed by atoms with E-state index >= 15 is 0 Å². The van der Waals surface area contributed by atoms with Crippen LogP contribution in [0.25, 0.3) is 0 Å². The van der Waals surface area contributed by atoms with E-state index in [0.717, 1.165) is 24.1 Å². The number of hydrogen-bond acceptors (Lipinski definition) is 5. The molecule has 0 radical (unpaired) electrons. The van der Waals surface area contributed by atoms with E-state index in [1.165, 1.54) is 11.9 Å². The molecule has 0 spiro atoms. The lowest BCUT2D eigenvalue weighted by Crippen LogP contribution is -2.36. The number of ether oxygens (including phenoxy) is 2. The van der Waals surface area contributed by atoms with Gasteiger partial charge in [-0.15, -0.1) is 0 Å². The number of carbonyl (C=O) groups is 2. The van der Waals surface area contributed by atoms with Crippen LogP contribution < -0.4 is 14.8 Å². The maximum absolute atomic E-state index is 13.0. The third-order valence-corrected chi connectivity index (χ3v) is 5.16. The molecule has 7 heteroatoms. The molecule has 158 valence electrons. The molecule has 1 aliphatic heterocycles. The first-order chi connectivity index (χ1) is 14.5. The summed E-state index contributed by atoms with van der Waals surface area (Å²) in [6.07, 6.45) is 1.76. The van der Waals surface area contributed by atoms with Crippen molar-refractivity contribution in [1.29, 1.82) is 0 Å². The zero-order chi connectivity index (χ0) is 21.7. The molecule has 1 atom stereocenters. The van der Waals surface area contributed by atoms with Gasteiger partial charge in [-0.1, -0.05) is 6.92 Å². The average molecular weight is 409 g/mol. The maximum atomic E-state index is 13.0. The van der Waals surface area contributed by atoms with E-state index in [-0.39, 0.29) is 17.7 Å². The van der Waals surface area contributed by atoms with Crippen LogP contribution >= 0.6 is 0 Å². The second-order valence-electron chi connectivity index (χ2n) is 7.14. The average Bonchev–Trinajstić information content (AvgIpc) is 2.77. The van der Waals surface area contributed by atoms with Crippen molar-refractivity contribution in [3.8, 4) is 11.5 Å². The van der Waals surface area contributed by atoms with Gasteiger partial charge in [-0.05, 0) is 55.3 Å². The molecule has 0 fully saturated rings. The van der Waals surface area contributed by atoms with Crippen LogP contribution in [0.1, 0.15) is 42.6 Å². The van der Waals surface area contributed by atoms with Crippen LogP contribution in [0.5, 0.6) is 11.5 Å². The molecule has 0 saturated heterocycles. The molecule has 0 aromatic heterocycles. The first-order valence-corrected chi connectivity index (χ1v) is 9.97. The summed E-state index contributed by atoms with van der Waals surface area (Å²) in [4.78, 5) is 24.2. The Bertz CT molecular complexity index is 953. The number of carbonyl (C=O) groups excluding carboxylic acids is 2. The maximum Gasteiger partial charge on any atom is 0.273 e. The van der Waals surface area contributed by atoms with Gasteiger partial charge in [-0.2, -0.15) is 5.10 Å². The van der Waals surface area contributed by atoms with Crippen LogP contribution in [0.15, 0.2) is 47.6 Å². The van der Waals surface area contributed by atoms with Crippen LogP contribution in [0.3, 0.4) is 0 Å². The molecular formula is C23H27N3O4. The molecule has 1 heterocycles. The number of benzene rings is 2. The summed E-state index contributed by atoms with van der Waals surface area (Å²) in [6, 6.07) is 12.5. The second kappa shape index (κ2) is 9.43. The summed E-state index contributed by atoms with van der Waals surface area (Å²) in [7, 11) is 3.20. The second-order valence-corrected chi connectivity index (χ2v) is 7.14. The summed E-state index contributed by atoms with van der Waals surface area (Å²) >= 11 is 0. The number of hydrazone groups is 1. The van der Waals surface area contributed by atoms with Gasteiger partial charge in [-0.25, -0.2) is 5.01 Å². The summed E-state index contributed by atoms with van der Waals surface area (Å²) in [5.74, 6) is 1.22. The van der Waals surface area contributed by atoms with Crippen LogP contribution in [0.4, 0.5) is 5.69 Å². The highest BCUT2D eigenvalue weighted by atomic mass is 16.5. The Balaban J connectivity index is 1.89. The molecule has 0 bridgehead atoms. The Labute approximate surface area is 176 Å². The lowest BCUT2D eigenvalue weighted by molar-refractivity contribution is -0.114. The highest BCUT2D eigenvalue weighted by molar-refractivity contribution is 6.05. The molecule has 0 aliphatic carbocycles. The zero-order valence-corrected chi connectivity index (χ0v) is 17.8. The predicted molar refractivity (Wildman–Crippen MR) is 116 cm³/mol. The lowest BCUT2D eigenvalue weighted by Gasteiger charge is -2.29. The van der Waals surface area contributed by atoms with Crippen molar-refractivity contribution in [2.45, 2.75) is 26.7 Å². The first kappa shape index (κ1) is 21.4. The van der Waals surface area contributed by atoms with Gasteiger partial charge < -0.3 is 14.8 Å². The fraction of sp³-hybridized carbons (Fsp3) is 0.348.